The van der Waals surface area contributed by atoms with Crippen molar-refractivity contribution in [3.05, 3.63) is 41.6 Å². The van der Waals surface area contributed by atoms with Crippen molar-refractivity contribution in [2.45, 2.75) is 44.7 Å². The average molecular weight is 356 g/mol. The second kappa shape index (κ2) is 7.76. The van der Waals surface area contributed by atoms with E-state index in [1.165, 1.54) is 11.5 Å². The lowest BCUT2D eigenvalue weighted by Crippen LogP contribution is -2.24. The Kier molecular flexibility index (Phi) is 5.22. The quantitative estimate of drug-likeness (QED) is 0.824. The first-order valence-corrected chi connectivity index (χ1v) is 9.58. The summed E-state index contributed by atoms with van der Waals surface area (Å²) in [5, 5.41) is 0. The van der Waals surface area contributed by atoms with E-state index in [1.807, 2.05) is 18.3 Å². The number of ether oxygens (including phenoxy) is 2. The summed E-state index contributed by atoms with van der Waals surface area (Å²) in [5.74, 6) is 2.48. The average Bonchev–Trinajstić information content (AvgIpc) is 3.29. The molecule has 2 aliphatic rings. The highest BCUT2D eigenvalue weighted by molar-refractivity contribution is 5.16. The number of likely N-dealkylation sites (tertiary alicyclic amines) is 1. The van der Waals surface area contributed by atoms with Crippen LogP contribution in [0.4, 0.5) is 0 Å². The van der Waals surface area contributed by atoms with E-state index < -0.39 is 0 Å². The Morgan fingerprint density at radius 2 is 2.08 bits per heavy atom. The maximum Gasteiger partial charge on any atom is 0.213 e. The van der Waals surface area contributed by atoms with E-state index in [0.29, 0.717) is 17.8 Å². The summed E-state index contributed by atoms with van der Waals surface area (Å²) in [6.07, 6.45) is 5.37. The van der Waals surface area contributed by atoms with Gasteiger partial charge in [0.1, 0.15) is 5.82 Å². The number of imidazole rings is 1. The topological polar surface area (TPSA) is 52.4 Å². The van der Waals surface area contributed by atoms with Gasteiger partial charge in [-0.1, -0.05) is 6.07 Å². The van der Waals surface area contributed by atoms with Crippen molar-refractivity contribution in [2.75, 3.05) is 33.4 Å². The van der Waals surface area contributed by atoms with Crippen LogP contribution in [0.15, 0.2) is 24.4 Å². The second-order valence-corrected chi connectivity index (χ2v) is 7.36. The Hall–Kier alpha value is -1.92. The Bertz CT molecular complexity index is 739. The molecule has 4 rings (SSSR count). The fourth-order valence-corrected chi connectivity index (χ4v) is 4.25. The van der Waals surface area contributed by atoms with Gasteiger partial charge in [0.15, 0.2) is 0 Å². The monoisotopic (exact) mass is 356 g/mol. The molecule has 2 aromatic heterocycles. The maximum atomic E-state index is 5.53. The molecule has 0 radical (unpaired) electrons. The number of hydrogen-bond acceptors (Lipinski definition) is 5. The first kappa shape index (κ1) is 17.5. The van der Waals surface area contributed by atoms with Crippen LogP contribution in [-0.2, 0) is 11.3 Å². The van der Waals surface area contributed by atoms with Crippen molar-refractivity contribution in [2.24, 2.45) is 0 Å². The molecular formula is C20H28N4O2. The molecule has 0 bridgehead atoms. The van der Waals surface area contributed by atoms with Crippen molar-refractivity contribution >= 4 is 0 Å². The molecule has 26 heavy (non-hydrogen) atoms. The van der Waals surface area contributed by atoms with Crippen LogP contribution in [0.2, 0.25) is 0 Å². The zero-order valence-electron chi connectivity index (χ0n) is 15.7. The summed E-state index contributed by atoms with van der Waals surface area (Å²) >= 11 is 0. The van der Waals surface area contributed by atoms with Crippen molar-refractivity contribution in [1.82, 2.24) is 19.4 Å². The molecule has 0 N–H and O–H groups in total. The van der Waals surface area contributed by atoms with Gasteiger partial charge in [-0.15, -0.1) is 0 Å². The minimum Gasteiger partial charge on any atom is -0.481 e. The summed E-state index contributed by atoms with van der Waals surface area (Å²) in [7, 11) is 1.66. The molecule has 6 heteroatoms. The van der Waals surface area contributed by atoms with Gasteiger partial charge in [-0.2, -0.15) is 0 Å². The first-order chi connectivity index (χ1) is 12.7. The highest BCUT2D eigenvalue weighted by Crippen LogP contribution is 2.32. The van der Waals surface area contributed by atoms with Crippen LogP contribution in [0.1, 0.15) is 48.4 Å². The maximum absolute atomic E-state index is 5.53. The fraction of sp³-hybridized carbons (Fsp3) is 0.600. The van der Waals surface area contributed by atoms with Gasteiger partial charge in [-0.05, 0) is 32.3 Å². The third kappa shape index (κ3) is 3.62. The van der Waals surface area contributed by atoms with Gasteiger partial charge < -0.3 is 14.0 Å². The fourth-order valence-electron chi connectivity index (χ4n) is 4.25. The molecule has 0 spiro atoms. The van der Waals surface area contributed by atoms with E-state index in [2.05, 4.69) is 27.4 Å². The van der Waals surface area contributed by atoms with E-state index in [9.17, 15) is 0 Å². The summed E-state index contributed by atoms with van der Waals surface area (Å²) < 4.78 is 13.3. The first-order valence-electron chi connectivity index (χ1n) is 9.58. The number of pyridine rings is 1. The molecule has 4 heterocycles. The zero-order valence-corrected chi connectivity index (χ0v) is 15.7. The summed E-state index contributed by atoms with van der Waals surface area (Å²) in [4.78, 5) is 11.8. The lowest BCUT2D eigenvalue weighted by molar-refractivity contribution is 0.0824. The van der Waals surface area contributed by atoms with E-state index >= 15 is 0 Å². The van der Waals surface area contributed by atoms with Crippen LogP contribution in [0, 0.1) is 6.92 Å². The molecule has 2 aromatic rings. The van der Waals surface area contributed by atoms with Crippen molar-refractivity contribution in [3.63, 3.8) is 0 Å². The lowest BCUT2D eigenvalue weighted by atomic mass is 9.99. The molecule has 0 aliphatic carbocycles. The van der Waals surface area contributed by atoms with Gasteiger partial charge in [-0.25, -0.2) is 9.97 Å². The Morgan fingerprint density at radius 3 is 2.88 bits per heavy atom. The third-order valence-corrected chi connectivity index (χ3v) is 5.59. The van der Waals surface area contributed by atoms with Gasteiger partial charge >= 0.3 is 0 Å². The molecule has 1 atom stereocenters. The molecule has 2 aliphatic heterocycles. The predicted molar refractivity (Wildman–Crippen MR) is 99.5 cm³/mol. The molecule has 6 nitrogen and oxygen atoms in total. The Labute approximate surface area is 155 Å². The Balaban J connectivity index is 1.46. The standard InChI is InChI=1S/C20H28N4O2/c1-15-12-21-20(16-7-10-26-11-8-16)24(15)18-6-9-23(14-18)13-17-4-3-5-19(22-17)25-2/h3-5,12,16,18H,6-11,13-14H2,1-2H3. The minimum atomic E-state index is 0.501. The highest BCUT2D eigenvalue weighted by atomic mass is 16.5. The Morgan fingerprint density at radius 1 is 1.23 bits per heavy atom. The van der Waals surface area contributed by atoms with Crippen LogP contribution in [0.3, 0.4) is 0 Å². The molecule has 1 unspecified atom stereocenters. The van der Waals surface area contributed by atoms with Gasteiger partial charge in [-0.3, -0.25) is 4.90 Å². The van der Waals surface area contributed by atoms with Crippen LogP contribution in [-0.4, -0.2) is 52.8 Å². The largest absolute Gasteiger partial charge is 0.481 e. The van der Waals surface area contributed by atoms with Crippen molar-refractivity contribution < 1.29 is 9.47 Å². The third-order valence-electron chi connectivity index (χ3n) is 5.59. The van der Waals surface area contributed by atoms with Gasteiger partial charge in [0.05, 0.1) is 12.8 Å². The van der Waals surface area contributed by atoms with E-state index in [0.717, 1.165) is 57.8 Å². The summed E-state index contributed by atoms with van der Waals surface area (Å²) in [5.41, 5.74) is 2.34. The number of nitrogens with zero attached hydrogens (tertiary/aromatic N) is 4. The zero-order chi connectivity index (χ0) is 17.9. The lowest BCUT2D eigenvalue weighted by Gasteiger charge is -2.26. The van der Waals surface area contributed by atoms with Crippen molar-refractivity contribution in [3.8, 4) is 5.88 Å². The SMILES string of the molecule is COc1cccc(CN2CCC(n3c(C)cnc3C3CCOCC3)C2)n1. The van der Waals surface area contributed by atoms with Crippen LogP contribution >= 0.6 is 0 Å². The molecule has 2 fully saturated rings. The number of methoxy groups -OCH3 is 1. The smallest absolute Gasteiger partial charge is 0.213 e. The van der Waals surface area contributed by atoms with Crippen LogP contribution < -0.4 is 4.74 Å². The number of hydrogen-bond donors (Lipinski definition) is 0. The van der Waals surface area contributed by atoms with E-state index in [-0.39, 0.29) is 0 Å². The number of aromatic nitrogens is 3. The molecule has 140 valence electrons. The minimum absolute atomic E-state index is 0.501. The molecule has 0 amide bonds. The highest BCUT2D eigenvalue weighted by Gasteiger charge is 2.30. The van der Waals surface area contributed by atoms with Crippen LogP contribution in [0.5, 0.6) is 5.88 Å². The molecule has 0 aromatic carbocycles. The summed E-state index contributed by atoms with van der Waals surface area (Å²) in [6, 6.07) is 6.48. The second-order valence-electron chi connectivity index (χ2n) is 7.36. The van der Waals surface area contributed by atoms with E-state index in [1.54, 1.807) is 7.11 Å². The molecule has 0 saturated carbocycles. The van der Waals surface area contributed by atoms with Gasteiger partial charge in [0.2, 0.25) is 5.88 Å². The van der Waals surface area contributed by atoms with Crippen LogP contribution in [0.25, 0.3) is 0 Å². The number of aryl methyl sites for hydroxylation is 1. The predicted octanol–water partition coefficient (Wildman–Crippen LogP) is 2.94. The van der Waals surface area contributed by atoms with Gasteiger partial charge in [0, 0.05) is 62.8 Å². The summed E-state index contributed by atoms with van der Waals surface area (Å²) in [6.45, 7) is 6.90. The molecule has 2 saturated heterocycles. The van der Waals surface area contributed by atoms with Gasteiger partial charge in [0.25, 0.3) is 0 Å². The van der Waals surface area contributed by atoms with E-state index in [4.69, 9.17) is 14.5 Å². The number of rotatable bonds is 5. The van der Waals surface area contributed by atoms with Crippen molar-refractivity contribution in [1.29, 1.82) is 0 Å². The molecular weight excluding hydrogens is 328 g/mol. The normalized spacial score (nSPS) is 22.0.